The Labute approximate surface area is 176 Å². The van der Waals surface area contributed by atoms with Gasteiger partial charge in [0.05, 0.1) is 11.9 Å². The van der Waals surface area contributed by atoms with Gasteiger partial charge >= 0.3 is 0 Å². The van der Waals surface area contributed by atoms with Gasteiger partial charge in [0.15, 0.2) is 4.34 Å². The van der Waals surface area contributed by atoms with Crippen LogP contribution in [-0.4, -0.2) is 42.1 Å². The second-order valence-electron chi connectivity index (χ2n) is 5.89. The number of hydrogen-bond donors (Lipinski definition) is 1. The fourth-order valence-corrected chi connectivity index (χ4v) is 5.85. The average molecular weight is 469 g/mol. The van der Waals surface area contributed by atoms with Crippen molar-refractivity contribution in [1.29, 1.82) is 0 Å². The lowest BCUT2D eigenvalue weighted by Gasteiger charge is -2.28. The van der Waals surface area contributed by atoms with Crippen molar-refractivity contribution >= 4 is 73.0 Å². The number of sulfonamides is 1. The highest BCUT2D eigenvalue weighted by Gasteiger charge is 2.30. The molecule has 1 amide bonds. The number of amides is 1. The summed E-state index contributed by atoms with van der Waals surface area (Å²) in [5.74, 6) is -0.547. The van der Waals surface area contributed by atoms with E-state index in [-0.39, 0.29) is 15.7 Å². The molecule has 1 unspecified atom stereocenters. The first-order chi connectivity index (χ1) is 12.5. The molecule has 1 aromatic heterocycles. The first-order valence-electron chi connectivity index (χ1n) is 7.74. The number of anilines is 2. The molecule has 0 saturated carbocycles. The number of aromatic nitrogens is 2. The maximum Gasteiger partial charge on any atom is 0.249 e. The summed E-state index contributed by atoms with van der Waals surface area (Å²) in [5, 5.41) is 11.7. The van der Waals surface area contributed by atoms with Gasteiger partial charge < -0.3 is 0 Å². The number of carbonyl (C=O) groups is 1. The van der Waals surface area contributed by atoms with Crippen LogP contribution < -0.4 is 9.62 Å². The van der Waals surface area contributed by atoms with E-state index in [1.807, 2.05) is 13.8 Å². The molecule has 1 aromatic carbocycles. The lowest BCUT2D eigenvalue weighted by molar-refractivity contribution is -0.116. The molecule has 7 nitrogen and oxygen atoms in total. The van der Waals surface area contributed by atoms with E-state index in [1.165, 1.54) is 48.2 Å². The summed E-state index contributed by atoms with van der Waals surface area (Å²) in [6.07, 6.45) is 1.01. The molecular formula is C15H18Cl2N4O3S3. The summed E-state index contributed by atoms with van der Waals surface area (Å²) < 4.78 is 26.3. The average Bonchev–Trinajstić information content (AvgIpc) is 2.90. The Hall–Kier alpha value is -1.07. The number of thioether (sulfide) groups is 1. The smallest absolute Gasteiger partial charge is 0.249 e. The number of rotatable bonds is 7. The van der Waals surface area contributed by atoms with E-state index in [2.05, 4.69) is 15.5 Å². The van der Waals surface area contributed by atoms with E-state index >= 15 is 0 Å². The number of hydrogen-bond acceptors (Lipinski definition) is 7. The predicted octanol–water partition coefficient (Wildman–Crippen LogP) is 4.14. The van der Waals surface area contributed by atoms with Crippen molar-refractivity contribution in [2.24, 2.45) is 0 Å². The molecule has 27 heavy (non-hydrogen) atoms. The highest BCUT2D eigenvalue weighted by atomic mass is 35.5. The number of nitrogens with one attached hydrogen (secondary N) is 1. The molecule has 2 rings (SSSR count). The van der Waals surface area contributed by atoms with E-state index in [0.717, 1.165) is 14.9 Å². The molecule has 0 aliphatic rings. The van der Waals surface area contributed by atoms with E-state index in [1.54, 1.807) is 0 Å². The van der Waals surface area contributed by atoms with Crippen molar-refractivity contribution in [3.63, 3.8) is 0 Å². The molecule has 2 aromatic rings. The fourth-order valence-electron chi connectivity index (χ4n) is 2.19. The first-order valence-corrected chi connectivity index (χ1v) is 12.0. The highest BCUT2D eigenvalue weighted by Crippen LogP contribution is 2.30. The zero-order valence-corrected chi connectivity index (χ0v) is 18.9. The maximum absolute atomic E-state index is 12.6. The SMILES string of the molecule is CC(C)Sc1nnc(NC(=O)C(C)N(c2cc(Cl)cc(Cl)c2)S(C)(=O)=O)s1. The lowest BCUT2D eigenvalue weighted by atomic mass is 10.2. The zero-order valence-electron chi connectivity index (χ0n) is 14.9. The van der Waals surface area contributed by atoms with Crippen LogP contribution in [0, 0.1) is 0 Å². The standard InChI is InChI=1S/C15H18Cl2N4O3S3/c1-8(2)25-15-20-19-14(26-15)18-13(22)9(3)21(27(4,23)24)12-6-10(16)5-11(17)7-12/h5-9H,1-4H3,(H,18,19,22). The van der Waals surface area contributed by atoms with Crippen molar-refractivity contribution in [1.82, 2.24) is 10.2 Å². The predicted molar refractivity (Wildman–Crippen MR) is 113 cm³/mol. The molecule has 0 spiro atoms. The monoisotopic (exact) mass is 468 g/mol. The molecule has 1 heterocycles. The van der Waals surface area contributed by atoms with Gasteiger partial charge in [0, 0.05) is 15.3 Å². The minimum absolute atomic E-state index is 0.200. The van der Waals surface area contributed by atoms with Gasteiger partial charge in [0.25, 0.3) is 0 Å². The second-order valence-corrected chi connectivity index (χ2v) is 11.4. The molecule has 148 valence electrons. The van der Waals surface area contributed by atoms with Crippen LogP contribution in [0.5, 0.6) is 0 Å². The minimum Gasteiger partial charge on any atom is -0.299 e. The molecule has 1 atom stereocenters. The number of halogens is 2. The number of nitrogens with zero attached hydrogens (tertiary/aromatic N) is 3. The van der Waals surface area contributed by atoms with E-state index < -0.39 is 22.0 Å². The van der Waals surface area contributed by atoms with Crippen molar-refractivity contribution in [3.8, 4) is 0 Å². The minimum atomic E-state index is -3.78. The summed E-state index contributed by atoms with van der Waals surface area (Å²) >= 11 is 14.7. The van der Waals surface area contributed by atoms with Gasteiger partial charge in [-0.3, -0.25) is 14.4 Å². The van der Waals surface area contributed by atoms with Crippen molar-refractivity contribution in [3.05, 3.63) is 28.2 Å². The second kappa shape index (κ2) is 8.95. The van der Waals surface area contributed by atoms with Gasteiger partial charge in [0.2, 0.25) is 21.1 Å². The van der Waals surface area contributed by atoms with Gasteiger partial charge in [-0.2, -0.15) is 0 Å². The summed E-state index contributed by atoms with van der Waals surface area (Å²) in [4.78, 5) is 12.6. The quantitative estimate of drug-likeness (QED) is 0.484. The van der Waals surface area contributed by atoms with E-state index in [4.69, 9.17) is 23.2 Å². The van der Waals surface area contributed by atoms with Crippen LogP contribution in [0.2, 0.25) is 10.0 Å². The first kappa shape index (κ1) is 22.2. The Morgan fingerprint density at radius 1 is 1.19 bits per heavy atom. The summed E-state index contributed by atoms with van der Waals surface area (Å²) in [5.41, 5.74) is 0.200. The normalized spacial score (nSPS) is 12.9. The third kappa shape index (κ3) is 6.21. The summed E-state index contributed by atoms with van der Waals surface area (Å²) in [6, 6.07) is 3.29. The van der Waals surface area contributed by atoms with Crippen LogP contribution >= 0.6 is 46.3 Å². The highest BCUT2D eigenvalue weighted by molar-refractivity contribution is 8.01. The number of benzene rings is 1. The van der Waals surface area contributed by atoms with Crippen LogP contribution in [0.3, 0.4) is 0 Å². The Kier molecular flexibility index (Phi) is 7.37. The van der Waals surface area contributed by atoms with Crippen LogP contribution in [-0.2, 0) is 14.8 Å². The molecule has 0 bridgehead atoms. The van der Waals surface area contributed by atoms with E-state index in [9.17, 15) is 13.2 Å². The van der Waals surface area contributed by atoms with Crippen molar-refractivity contribution in [2.45, 2.75) is 36.4 Å². The molecule has 0 aliphatic heterocycles. The van der Waals surface area contributed by atoms with Crippen molar-refractivity contribution in [2.75, 3.05) is 15.9 Å². The largest absolute Gasteiger partial charge is 0.299 e. The third-order valence-corrected chi connectivity index (χ3v) is 6.77. The van der Waals surface area contributed by atoms with Crippen LogP contribution in [0.25, 0.3) is 0 Å². The van der Waals surface area contributed by atoms with Crippen LogP contribution in [0.4, 0.5) is 10.8 Å². The zero-order chi connectivity index (χ0) is 20.4. The van der Waals surface area contributed by atoms with Crippen molar-refractivity contribution < 1.29 is 13.2 Å². The maximum atomic E-state index is 12.6. The van der Waals surface area contributed by atoms with Gasteiger partial charge in [-0.25, -0.2) is 8.42 Å². The van der Waals surface area contributed by atoms with E-state index in [0.29, 0.717) is 10.4 Å². The third-order valence-electron chi connectivity index (χ3n) is 3.16. The summed E-state index contributed by atoms with van der Waals surface area (Å²) in [7, 11) is -3.78. The molecule has 1 N–H and O–H groups in total. The van der Waals surface area contributed by atoms with Gasteiger partial charge in [0.1, 0.15) is 6.04 Å². The number of carbonyl (C=O) groups excluding carboxylic acids is 1. The summed E-state index contributed by atoms with van der Waals surface area (Å²) in [6.45, 7) is 5.51. The molecule has 0 aliphatic carbocycles. The molecule has 12 heteroatoms. The Morgan fingerprint density at radius 2 is 1.78 bits per heavy atom. The molecular weight excluding hydrogens is 451 g/mol. The Balaban J connectivity index is 2.26. The van der Waals surface area contributed by atoms with Gasteiger partial charge in [-0.05, 0) is 25.1 Å². The Morgan fingerprint density at radius 3 is 2.30 bits per heavy atom. The molecule has 0 saturated heterocycles. The molecule has 0 radical (unpaired) electrons. The van der Waals surface area contributed by atoms with Crippen LogP contribution in [0.15, 0.2) is 22.5 Å². The lowest BCUT2D eigenvalue weighted by Crippen LogP contribution is -2.45. The van der Waals surface area contributed by atoms with Gasteiger partial charge in [-0.15, -0.1) is 10.2 Å². The topological polar surface area (TPSA) is 92.3 Å². The fraction of sp³-hybridized carbons (Fsp3) is 0.400. The molecule has 0 fully saturated rings. The Bertz CT molecular complexity index is 914. The van der Waals surface area contributed by atoms with Crippen LogP contribution in [0.1, 0.15) is 20.8 Å². The van der Waals surface area contributed by atoms with Gasteiger partial charge in [-0.1, -0.05) is 60.1 Å².